The summed E-state index contributed by atoms with van der Waals surface area (Å²) in [5.41, 5.74) is 1.21. The predicted molar refractivity (Wildman–Crippen MR) is 67.7 cm³/mol. The lowest BCUT2D eigenvalue weighted by atomic mass is 10.2. The Morgan fingerprint density at radius 1 is 1.22 bits per heavy atom. The summed E-state index contributed by atoms with van der Waals surface area (Å²) in [6, 6.07) is 9.60. The van der Waals surface area contributed by atoms with Gasteiger partial charge in [-0.25, -0.2) is 4.98 Å². The highest BCUT2D eigenvalue weighted by Crippen LogP contribution is 1.94. The van der Waals surface area contributed by atoms with Crippen molar-refractivity contribution in [3.8, 4) is 11.8 Å². The van der Waals surface area contributed by atoms with E-state index in [4.69, 9.17) is 0 Å². The van der Waals surface area contributed by atoms with Crippen LogP contribution < -0.4 is 5.32 Å². The highest BCUT2D eigenvalue weighted by molar-refractivity contribution is 5.91. The Balaban J connectivity index is 1.87. The number of nitrogens with one attached hydrogen (secondary N) is 1. The number of rotatable bonds is 2. The number of nitrogens with zero attached hydrogens (tertiary/aromatic N) is 2. The van der Waals surface area contributed by atoms with E-state index in [0.717, 1.165) is 5.56 Å². The second-order valence-electron chi connectivity index (χ2n) is 3.44. The third kappa shape index (κ3) is 3.42. The SMILES string of the molecule is O=C(NCC#Cc1ccccc1)c1cnccn1. The van der Waals surface area contributed by atoms with Crippen molar-refractivity contribution in [3.63, 3.8) is 0 Å². The maximum Gasteiger partial charge on any atom is 0.272 e. The Labute approximate surface area is 105 Å². The number of amides is 1. The van der Waals surface area contributed by atoms with E-state index in [1.807, 2.05) is 30.3 Å². The maximum atomic E-state index is 11.6. The summed E-state index contributed by atoms with van der Waals surface area (Å²) in [7, 11) is 0. The molecule has 0 fully saturated rings. The number of aromatic nitrogens is 2. The lowest BCUT2D eigenvalue weighted by Gasteiger charge is -1.98. The molecule has 0 radical (unpaired) electrons. The van der Waals surface area contributed by atoms with Gasteiger partial charge in [0.2, 0.25) is 0 Å². The molecule has 0 unspecified atom stereocenters. The summed E-state index contributed by atoms with van der Waals surface area (Å²) in [5, 5.41) is 2.65. The summed E-state index contributed by atoms with van der Waals surface area (Å²) in [5.74, 6) is 5.55. The monoisotopic (exact) mass is 237 g/mol. The molecule has 0 spiro atoms. The first kappa shape index (κ1) is 11.8. The lowest BCUT2D eigenvalue weighted by Crippen LogP contribution is -2.24. The molecule has 18 heavy (non-hydrogen) atoms. The molecule has 4 nitrogen and oxygen atoms in total. The van der Waals surface area contributed by atoms with E-state index >= 15 is 0 Å². The van der Waals surface area contributed by atoms with E-state index in [1.165, 1.54) is 18.6 Å². The molecule has 0 saturated carbocycles. The Morgan fingerprint density at radius 3 is 2.78 bits per heavy atom. The fourth-order valence-electron chi connectivity index (χ4n) is 1.30. The van der Waals surface area contributed by atoms with Gasteiger partial charge < -0.3 is 5.32 Å². The number of carbonyl (C=O) groups is 1. The zero-order valence-electron chi connectivity index (χ0n) is 9.63. The molecule has 4 heteroatoms. The molecule has 1 aromatic carbocycles. The Hall–Kier alpha value is -2.67. The fraction of sp³-hybridized carbons (Fsp3) is 0.0714. The quantitative estimate of drug-likeness (QED) is 0.800. The Bertz CT molecular complexity index is 570. The van der Waals surface area contributed by atoms with Gasteiger partial charge in [-0.1, -0.05) is 30.0 Å². The molecule has 0 bridgehead atoms. The summed E-state index contributed by atoms with van der Waals surface area (Å²) >= 11 is 0. The minimum Gasteiger partial charge on any atom is -0.340 e. The summed E-state index contributed by atoms with van der Waals surface area (Å²) in [6.45, 7) is 0.282. The number of hydrogen-bond donors (Lipinski definition) is 1. The second-order valence-corrected chi connectivity index (χ2v) is 3.44. The van der Waals surface area contributed by atoms with Crippen LogP contribution in [-0.4, -0.2) is 22.4 Å². The number of hydrogen-bond acceptors (Lipinski definition) is 3. The molecule has 88 valence electrons. The molecule has 0 atom stereocenters. The van der Waals surface area contributed by atoms with Crippen LogP contribution in [0.15, 0.2) is 48.9 Å². The highest BCUT2D eigenvalue weighted by Gasteiger charge is 2.03. The van der Waals surface area contributed by atoms with Gasteiger partial charge in [0.05, 0.1) is 12.7 Å². The van der Waals surface area contributed by atoms with Crippen molar-refractivity contribution in [2.24, 2.45) is 0 Å². The minimum atomic E-state index is -0.273. The van der Waals surface area contributed by atoms with Gasteiger partial charge >= 0.3 is 0 Å². The van der Waals surface area contributed by atoms with Gasteiger partial charge in [0.15, 0.2) is 0 Å². The van der Waals surface area contributed by atoms with Crippen LogP contribution in [0.4, 0.5) is 0 Å². The molecule has 1 aromatic heterocycles. The molecule has 0 aliphatic rings. The van der Waals surface area contributed by atoms with E-state index in [1.54, 1.807) is 0 Å². The highest BCUT2D eigenvalue weighted by atomic mass is 16.1. The summed E-state index contributed by atoms with van der Waals surface area (Å²) in [6.07, 6.45) is 4.41. The second kappa shape index (κ2) is 6.16. The van der Waals surface area contributed by atoms with Gasteiger partial charge in [-0.3, -0.25) is 9.78 Å². The summed E-state index contributed by atoms with van der Waals surface area (Å²) in [4.78, 5) is 19.3. The number of benzene rings is 1. The average Bonchev–Trinajstić information content (AvgIpc) is 2.45. The molecule has 1 heterocycles. The zero-order chi connectivity index (χ0) is 12.6. The first-order valence-corrected chi connectivity index (χ1v) is 5.44. The van der Waals surface area contributed by atoms with Gasteiger partial charge in [-0.15, -0.1) is 0 Å². The first-order chi connectivity index (χ1) is 8.86. The van der Waals surface area contributed by atoms with Crippen molar-refractivity contribution in [1.82, 2.24) is 15.3 Å². The van der Waals surface area contributed by atoms with Gasteiger partial charge in [0.25, 0.3) is 5.91 Å². The Morgan fingerprint density at radius 2 is 2.06 bits per heavy atom. The largest absolute Gasteiger partial charge is 0.340 e. The van der Waals surface area contributed by atoms with E-state index in [2.05, 4.69) is 27.1 Å². The third-order valence-electron chi connectivity index (χ3n) is 2.14. The van der Waals surface area contributed by atoms with Gasteiger partial charge in [-0.2, -0.15) is 0 Å². The van der Waals surface area contributed by atoms with Crippen molar-refractivity contribution >= 4 is 5.91 Å². The van der Waals surface area contributed by atoms with Crippen LogP contribution in [0.1, 0.15) is 16.1 Å². The van der Waals surface area contributed by atoms with Crippen molar-refractivity contribution in [2.45, 2.75) is 0 Å². The van der Waals surface area contributed by atoms with E-state index < -0.39 is 0 Å². The summed E-state index contributed by atoms with van der Waals surface area (Å²) < 4.78 is 0. The van der Waals surface area contributed by atoms with Crippen LogP contribution in [0, 0.1) is 11.8 Å². The van der Waals surface area contributed by atoms with E-state index in [-0.39, 0.29) is 12.5 Å². The first-order valence-electron chi connectivity index (χ1n) is 5.44. The van der Waals surface area contributed by atoms with Crippen LogP contribution >= 0.6 is 0 Å². The molecular formula is C14H11N3O. The molecule has 0 saturated heterocycles. The fourth-order valence-corrected chi connectivity index (χ4v) is 1.30. The molecule has 0 aliphatic heterocycles. The number of carbonyl (C=O) groups excluding carboxylic acids is 1. The van der Waals surface area contributed by atoms with E-state index in [9.17, 15) is 4.79 Å². The topological polar surface area (TPSA) is 54.9 Å². The van der Waals surface area contributed by atoms with Crippen molar-refractivity contribution < 1.29 is 4.79 Å². The molecular weight excluding hydrogens is 226 g/mol. The molecule has 1 N–H and O–H groups in total. The maximum absolute atomic E-state index is 11.6. The standard InChI is InChI=1S/C14H11N3O/c18-14(13-11-15-9-10-16-13)17-8-4-7-12-5-2-1-3-6-12/h1-3,5-6,9-11H,8H2,(H,17,18). The molecule has 1 amide bonds. The van der Waals surface area contributed by atoms with Crippen LogP contribution in [0.25, 0.3) is 0 Å². The van der Waals surface area contributed by atoms with Gasteiger partial charge in [0, 0.05) is 18.0 Å². The Kier molecular flexibility index (Phi) is 4.04. The minimum absolute atomic E-state index is 0.273. The van der Waals surface area contributed by atoms with Crippen molar-refractivity contribution in [2.75, 3.05) is 6.54 Å². The lowest BCUT2D eigenvalue weighted by molar-refractivity contribution is 0.0953. The zero-order valence-corrected chi connectivity index (χ0v) is 9.63. The molecule has 2 aromatic rings. The predicted octanol–water partition coefficient (Wildman–Crippen LogP) is 1.26. The molecule has 0 aliphatic carbocycles. The van der Waals surface area contributed by atoms with Crippen molar-refractivity contribution in [1.29, 1.82) is 0 Å². The van der Waals surface area contributed by atoms with Crippen molar-refractivity contribution in [3.05, 3.63) is 60.2 Å². The van der Waals surface area contributed by atoms with Crippen LogP contribution in [-0.2, 0) is 0 Å². The van der Waals surface area contributed by atoms with Crippen LogP contribution in [0.3, 0.4) is 0 Å². The van der Waals surface area contributed by atoms with Gasteiger partial charge in [-0.05, 0) is 12.1 Å². The van der Waals surface area contributed by atoms with E-state index in [0.29, 0.717) is 5.69 Å². The smallest absolute Gasteiger partial charge is 0.272 e. The van der Waals surface area contributed by atoms with Gasteiger partial charge in [0.1, 0.15) is 5.69 Å². The normalized spacial score (nSPS) is 9.11. The molecule has 2 rings (SSSR count). The average molecular weight is 237 g/mol. The van der Waals surface area contributed by atoms with Crippen LogP contribution in [0.5, 0.6) is 0 Å². The van der Waals surface area contributed by atoms with Crippen LogP contribution in [0.2, 0.25) is 0 Å². The third-order valence-corrected chi connectivity index (χ3v) is 2.14.